The SMILES string of the molecule is CCC(F)(CN)Cc1ccc(Br)cc1. The predicted molar refractivity (Wildman–Crippen MR) is 61.0 cm³/mol. The van der Waals surface area contributed by atoms with Crippen molar-refractivity contribution in [3.63, 3.8) is 0 Å². The lowest BCUT2D eigenvalue weighted by atomic mass is 9.94. The number of rotatable bonds is 4. The van der Waals surface area contributed by atoms with Gasteiger partial charge in [0.1, 0.15) is 5.67 Å². The van der Waals surface area contributed by atoms with Gasteiger partial charge < -0.3 is 5.73 Å². The molecule has 14 heavy (non-hydrogen) atoms. The molecule has 0 radical (unpaired) electrons. The van der Waals surface area contributed by atoms with Crippen LogP contribution in [0.3, 0.4) is 0 Å². The third kappa shape index (κ3) is 3.07. The molecule has 0 heterocycles. The van der Waals surface area contributed by atoms with Gasteiger partial charge in [0.15, 0.2) is 0 Å². The first-order valence-electron chi connectivity index (χ1n) is 4.73. The summed E-state index contributed by atoms with van der Waals surface area (Å²) in [6.07, 6.45) is 0.854. The van der Waals surface area contributed by atoms with Crippen LogP contribution in [0.25, 0.3) is 0 Å². The van der Waals surface area contributed by atoms with Crippen LogP contribution in [-0.2, 0) is 6.42 Å². The fourth-order valence-corrected chi connectivity index (χ4v) is 1.57. The molecule has 0 aromatic heterocycles. The van der Waals surface area contributed by atoms with E-state index in [-0.39, 0.29) is 6.54 Å². The van der Waals surface area contributed by atoms with Crippen molar-refractivity contribution in [2.75, 3.05) is 6.54 Å². The Kier molecular flexibility index (Phi) is 4.08. The molecule has 0 fully saturated rings. The van der Waals surface area contributed by atoms with Crippen LogP contribution in [0.4, 0.5) is 4.39 Å². The molecule has 1 atom stereocenters. The summed E-state index contributed by atoms with van der Waals surface area (Å²) in [5.74, 6) is 0. The van der Waals surface area contributed by atoms with Gasteiger partial charge >= 0.3 is 0 Å². The van der Waals surface area contributed by atoms with Gasteiger partial charge in [-0.2, -0.15) is 0 Å². The predicted octanol–water partition coefficient (Wildman–Crippen LogP) is 3.07. The Morgan fingerprint density at radius 3 is 2.36 bits per heavy atom. The van der Waals surface area contributed by atoms with Crippen molar-refractivity contribution in [1.82, 2.24) is 0 Å². The molecule has 0 saturated carbocycles. The number of nitrogens with two attached hydrogens (primary N) is 1. The highest BCUT2D eigenvalue weighted by molar-refractivity contribution is 9.10. The van der Waals surface area contributed by atoms with Crippen molar-refractivity contribution >= 4 is 15.9 Å². The molecule has 0 aliphatic rings. The molecule has 2 N–H and O–H groups in total. The second kappa shape index (κ2) is 4.89. The lowest BCUT2D eigenvalue weighted by molar-refractivity contribution is 0.167. The Hall–Kier alpha value is -0.410. The smallest absolute Gasteiger partial charge is 0.126 e. The van der Waals surface area contributed by atoms with Crippen LogP contribution in [0.5, 0.6) is 0 Å². The fraction of sp³-hybridized carbons (Fsp3) is 0.455. The van der Waals surface area contributed by atoms with Gasteiger partial charge in [-0.3, -0.25) is 0 Å². The van der Waals surface area contributed by atoms with E-state index in [2.05, 4.69) is 15.9 Å². The lowest BCUT2D eigenvalue weighted by Gasteiger charge is -2.21. The first-order valence-corrected chi connectivity index (χ1v) is 5.52. The largest absolute Gasteiger partial charge is 0.328 e. The van der Waals surface area contributed by atoms with Crippen molar-refractivity contribution < 1.29 is 4.39 Å². The molecule has 0 aliphatic heterocycles. The van der Waals surface area contributed by atoms with Gasteiger partial charge in [0.05, 0.1) is 0 Å². The third-order valence-corrected chi connectivity index (χ3v) is 2.96. The van der Waals surface area contributed by atoms with Gasteiger partial charge in [-0.05, 0) is 24.1 Å². The summed E-state index contributed by atoms with van der Waals surface area (Å²) >= 11 is 3.34. The van der Waals surface area contributed by atoms with E-state index in [1.807, 2.05) is 31.2 Å². The van der Waals surface area contributed by atoms with Crippen molar-refractivity contribution in [2.24, 2.45) is 5.73 Å². The van der Waals surface area contributed by atoms with Gasteiger partial charge in [0.2, 0.25) is 0 Å². The van der Waals surface area contributed by atoms with Crippen LogP contribution in [0.2, 0.25) is 0 Å². The minimum Gasteiger partial charge on any atom is -0.328 e. The summed E-state index contributed by atoms with van der Waals surface area (Å²) in [6.45, 7) is 1.91. The van der Waals surface area contributed by atoms with Gasteiger partial charge in [-0.1, -0.05) is 35.0 Å². The maximum atomic E-state index is 13.9. The Balaban J connectivity index is 2.72. The van der Waals surface area contributed by atoms with E-state index in [0.29, 0.717) is 12.8 Å². The summed E-state index contributed by atoms with van der Waals surface area (Å²) in [5, 5.41) is 0. The maximum absolute atomic E-state index is 13.9. The number of benzene rings is 1. The van der Waals surface area contributed by atoms with Crippen molar-refractivity contribution in [3.05, 3.63) is 34.3 Å². The van der Waals surface area contributed by atoms with E-state index in [0.717, 1.165) is 10.0 Å². The van der Waals surface area contributed by atoms with E-state index in [9.17, 15) is 4.39 Å². The van der Waals surface area contributed by atoms with E-state index in [1.54, 1.807) is 0 Å². The van der Waals surface area contributed by atoms with Gasteiger partial charge in [0.25, 0.3) is 0 Å². The molecule has 1 rings (SSSR count). The molecule has 0 spiro atoms. The van der Waals surface area contributed by atoms with Crippen molar-refractivity contribution in [2.45, 2.75) is 25.4 Å². The van der Waals surface area contributed by atoms with Crippen molar-refractivity contribution in [3.8, 4) is 0 Å². The van der Waals surface area contributed by atoms with Gasteiger partial charge in [0, 0.05) is 17.4 Å². The number of hydrogen-bond acceptors (Lipinski definition) is 1. The second-order valence-corrected chi connectivity index (χ2v) is 4.43. The van der Waals surface area contributed by atoms with E-state index < -0.39 is 5.67 Å². The van der Waals surface area contributed by atoms with Crippen LogP contribution in [0, 0.1) is 0 Å². The average molecular weight is 260 g/mol. The van der Waals surface area contributed by atoms with Crippen LogP contribution in [0.15, 0.2) is 28.7 Å². The second-order valence-electron chi connectivity index (χ2n) is 3.51. The number of halogens is 2. The minimum absolute atomic E-state index is 0.0829. The lowest BCUT2D eigenvalue weighted by Crippen LogP contribution is -2.34. The summed E-state index contributed by atoms with van der Waals surface area (Å²) in [7, 11) is 0. The molecule has 0 aliphatic carbocycles. The Bertz CT molecular complexity index is 280. The molecule has 1 aromatic carbocycles. The molecule has 1 aromatic rings. The van der Waals surface area contributed by atoms with Crippen LogP contribution in [-0.4, -0.2) is 12.2 Å². The highest BCUT2D eigenvalue weighted by atomic mass is 79.9. The Morgan fingerprint density at radius 1 is 1.36 bits per heavy atom. The summed E-state index contributed by atoms with van der Waals surface area (Å²) in [5.41, 5.74) is 5.14. The minimum atomic E-state index is -1.26. The zero-order valence-electron chi connectivity index (χ0n) is 8.26. The molecule has 0 saturated heterocycles. The topological polar surface area (TPSA) is 26.0 Å². The molecular weight excluding hydrogens is 245 g/mol. The Morgan fingerprint density at radius 2 is 1.93 bits per heavy atom. The molecule has 0 bridgehead atoms. The van der Waals surface area contributed by atoms with Crippen LogP contribution in [0.1, 0.15) is 18.9 Å². The molecular formula is C11H15BrFN. The summed E-state index contributed by atoms with van der Waals surface area (Å²) in [6, 6.07) is 7.68. The standard InChI is InChI=1S/C11H15BrFN/c1-2-11(13,8-14)7-9-3-5-10(12)6-4-9/h3-6H,2,7-8,14H2,1H3. The Labute approximate surface area is 92.6 Å². The number of hydrogen-bond donors (Lipinski definition) is 1. The average Bonchev–Trinajstić information content (AvgIpc) is 2.21. The monoisotopic (exact) mass is 259 g/mol. The zero-order valence-corrected chi connectivity index (χ0v) is 9.85. The molecule has 1 unspecified atom stereocenters. The fourth-order valence-electron chi connectivity index (χ4n) is 1.31. The number of alkyl halides is 1. The van der Waals surface area contributed by atoms with Crippen molar-refractivity contribution in [1.29, 1.82) is 0 Å². The van der Waals surface area contributed by atoms with Gasteiger partial charge in [-0.15, -0.1) is 0 Å². The molecule has 78 valence electrons. The molecule has 1 nitrogen and oxygen atoms in total. The highest BCUT2D eigenvalue weighted by Crippen LogP contribution is 2.21. The highest BCUT2D eigenvalue weighted by Gasteiger charge is 2.25. The first kappa shape index (κ1) is 11.7. The van der Waals surface area contributed by atoms with E-state index in [4.69, 9.17) is 5.73 Å². The maximum Gasteiger partial charge on any atom is 0.126 e. The summed E-state index contributed by atoms with van der Waals surface area (Å²) in [4.78, 5) is 0. The summed E-state index contributed by atoms with van der Waals surface area (Å²) < 4.78 is 14.9. The zero-order chi connectivity index (χ0) is 10.6. The van der Waals surface area contributed by atoms with Crippen LogP contribution < -0.4 is 5.73 Å². The molecule has 3 heteroatoms. The normalized spacial score (nSPS) is 15.1. The molecule has 0 amide bonds. The quantitative estimate of drug-likeness (QED) is 0.884. The van der Waals surface area contributed by atoms with E-state index >= 15 is 0 Å². The van der Waals surface area contributed by atoms with E-state index in [1.165, 1.54) is 0 Å². The van der Waals surface area contributed by atoms with Gasteiger partial charge in [-0.25, -0.2) is 4.39 Å². The third-order valence-electron chi connectivity index (χ3n) is 2.43. The first-order chi connectivity index (χ1) is 6.59. The van der Waals surface area contributed by atoms with Crippen LogP contribution >= 0.6 is 15.9 Å².